The van der Waals surface area contributed by atoms with Gasteiger partial charge < -0.3 is 15.4 Å². The Balaban J connectivity index is 2.39. The maximum atomic E-state index is 11.8. The maximum absolute atomic E-state index is 11.8. The first-order valence-corrected chi connectivity index (χ1v) is 8.08. The van der Waals surface area contributed by atoms with Crippen LogP contribution in [-0.4, -0.2) is 30.3 Å². The average molecular weight is 284 g/mol. The second-order valence-electron chi connectivity index (χ2n) is 6.88. The smallest absolute Gasteiger partial charge is 0.407 e. The molecule has 0 saturated heterocycles. The summed E-state index contributed by atoms with van der Waals surface area (Å²) in [5.74, 6) is 0.734. The van der Waals surface area contributed by atoms with Crippen LogP contribution in [-0.2, 0) is 4.74 Å². The minimum Gasteiger partial charge on any atom is -0.444 e. The van der Waals surface area contributed by atoms with E-state index in [-0.39, 0.29) is 12.1 Å². The second-order valence-corrected chi connectivity index (χ2v) is 6.88. The molecule has 1 rings (SSSR count). The van der Waals surface area contributed by atoms with Gasteiger partial charge in [-0.15, -0.1) is 0 Å². The Morgan fingerprint density at radius 2 is 1.80 bits per heavy atom. The molecule has 4 nitrogen and oxygen atoms in total. The summed E-state index contributed by atoms with van der Waals surface area (Å²) >= 11 is 0. The van der Waals surface area contributed by atoms with Crippen LogP contribution in [0.1, 0.15) is 66.7 Å². The molecule has 1 aliphatic rings. The Bertz CT molecular complexity index is 295. The van der Waals surface area contributed by atoms with E-state index in [0.29, 0.717) is 6.04 Å². The lowest BCUT2D eigenvalue weighted by Gasteiger charge is -2.26. The van der Waals surface area contributed by atoms with Crippen LogP contribution in [0.25, 0.3) is 0 Å². The fraction of sp³-hybridized carbons (Fsp3) is 0.938. The molecule has 0 radical (unpaired) electrons. The summed E-state index contributed by atoms with van der Waals surface area (Å²) < 4.78 is 5.34. The molecule has 0 aliphatic heterocycles. The number of carbonyl (C=O) groups is 1. The molecule has 0 bridgehead atoms. The van der Waals surface area contributed by atoms with Crippen LogP contribution in [0, 0.1) is 5.92 Å². The Morgan fingerprint density at radius 3 is 2.35 bits per heavy atom. The summed E-state index contributed by atoms with van der Waals surface area (Å²) in [7, 11) is 0. The van der Waals surface area contributed by atoms with E-state index in [9.17, 15) is 4.79 Å². The first-order chi connectivity index (χ1) is 9.35. The van der Waals surface area contributed by atoms with Crippen molar-refractivity contribution in [1.82, 2.24) is 10.6 Å². The van der Waals surface area contributed by atoms with Crippen molar-refractivity contribution < 1.29 is 9.53 Å². The van der Waals surface area contributed by atoms with E-state index in [4.69, 9.17) is 4.74 Å². The zero-order chi connectivity index (χ0) is 15.2. The molecule has 0 aromatic heterocycles. The van der Waals surface area contributed by atoms with Crippen LogP contribution >= 0.6 is 0 Å². The topological polar surface area (TPSA) is 50.4 Å². The van der Waals surface area contributed by atoms with Gasteiger partial charge in [0.05, 0.1) is 0 Å². The molecule has 0 aromatic carbocycles. The second kappa shape index (κ2) is 7.87. The van der Waals surface area contributed by atoms with E-state index in [1.807, 2.05) is 20.8 Å². The van der Waals surface area contributed by atoms with Gasteiger partial charge in [-0.1, -0.05) is 26.7 Å². The summed E-state index contributed by atoms with van der Waals surface area (Å²) in [4.78, 5) is 11.8. The molecule has 2 atom stereocenters. The highest BCUT2D eigenvalue weighted by atomic mass is 16.6. The first kappa shape index (κ1) is 17.3. The molecule has 4 heteroatoms. The Kier molecular flexibility index (Phi) is 6.80. The quantitative estimate of drug-likeness (QED) is 0.785. The maximum Gasteiger partial charge on any atom is 0.407 e. The van der Waals surface area contributed by atoms with Gasteiger partial charge in [0.2, 0.25) is 0 Å². The van der Waals surface area contributed by atoms with Crippen LogP contribution < -0.4 is 10.6 Å². The summed E-state index contributed by atoms with van der Waals surface area (Å²) in [6.07, 6.45) is 5.47. The standard InChI is InChI=1S/C16H32N2O2/c1-6-12(7-2)11-17-13-9-8-10-14(13)18-15(19)20-16(3,4)5/h12-14,17H,6-11H2,1-5H3,(H,18,19). The highest BCUT2D eigenvalue weighted by Gasteiger charge is 2.30. The molecule has 20 heavy (non-hydrogen) atoms. The number of carbonyl (C=O) groups excluding carboxylic acids is 1. The molecule has 1 saturated carbocycles. The van der Waals surface area contributed by atoms with Crippen molar-refractivity contribution in [1.29, 1.82) is 0 Å². The number of amides is 1. The van der Waals surface area contributed by atoms with Gasteiger partial charge in [-0.25, -0.2) is 4.79 Å². The number of alkyl carbamates (subject to hydrolysis) is 1. The van der Waals surface area contributed by atoms with Crippen LogP contribution in [0.5, 0.6) is 0 Å². The molecule has 0 heterocycles. The molecular weight excluding hydrogens is 252 g/mol. The summed E-state index contributed by atoms with van der Waals surface area (Å²) in [5.41, 5.74) is -0.429. The van der Waals surface area contributed by atoms with Crippen LogP contribution in [0.3, 0.4) is 0 Å². The van der Waals surface area contributed by atoms with E-state index in [0.717, 1.165) is 25.3 Å². The minimum atomic E-state index is -0.429. The lowest BCUT2D eigenvalue weighted by Crippen LogP contribution is -2.48. The Morgan fingerprint density at radius 1 is 1.20 bits per heavy atom. The van der Waals surface area contributed by atoms with Crippen molar-refractivity contribution in [2.24, 2.45) is 5.92 Å². The fourth-order valence-electron chi connectivity index (χ4n) is 2.73. The number of ether oxygens (including phenoxy) is 1. The molecule has 2 unspecified atom stereocenters. The van der Waals surface area contributed by atoms with E-state index >= 15 is 0 Å². The Labute approximate surface area is 124 Å². The molecule has 1 fully saturated rings. The zero-order valence-corrected chi connectivity index (χ0v) is 13.8. The lowest BCUT2D eigenvalue weighted by molar-refractivity contribution is 0.0497. The van der Waals surface area contributed by atoms with Gasteiger partial charge in [-0.05, 0) is 52.5 Å². The van der Waals surface area contributed by atoms with Gasteiger partial charge in [-0.3, -0.25) is 0 Å². The summed E-state index contributed by atoms with van der Waals surface area (Å²) in [6.45, 7) is 11.2. The van der Waals surface area contributed by atoms with Gasteiger partial charge in [0, 0.05) is 12.1 Å². The van der Waals surface area contributed by atoms with Crippen molar-refractivity contribution in [3.8, 4) is 0 Å². The molecular formula is C16H32N2O2. The van der Waals surface area contributed by atoms with Crippen LogP contribution in [0.2, 0.25) is 0 Å². The van der Waals surface area contributed by atoms with E-state index in [1.165, 1.54) is 19.3 Å². The SMILES string of the molecule is CCC(CC)CNC1CCCC1NC(=O)OC(C)(C)C. The zero-order valence-electron chi connectivity index (χ0n) is 13.8. The van der Waals surface area contributed by atoms with Gasteiger partial charge in [0.15, 0.2) is 0 Å². The van der Waals surface area contributed by atoms with Gasteiger partial charge in [-0.2, -0.15) is 0 Å². The monoisotopic (exact) mass is 284 g/mol. The average Bonchev–Trinajstić information content (AvgIpc) is 2.75. The van der Waals surface area contributed by atoms with Crippen molar-refractivity contribution >= 4 is 6.09 Å². The predicted octanol–water partition coefficient (Wildman–Crippen LogP) is 3.46. The lowest BCUT2D eigenvalue weighted by atomic mass is 10.0. The molecule has 1 amide bonds. The normalized spacial score (nSPS) is 23.1. The third kappa shape index (κ3) is 6.12. The van der Waals surface area contributed by atoms with E-state index in [2.05, 4.69) is 24.5 Å². The fourth-order valence-corrected chi connectivity index (χ4v) is 2.73. The summed E-state index contributed by atoms with van der Waals surface area (Å²) in [6, 6.07) is 0.599. The largest absolute Gasteiger partial charge is 0.444 e. The number of hydrogen-bond donors (Lipinski definition) is 2. The Hall–Kier alpha value is -0.770. The van der Waals surface area contributed by atoms with Crippen molar-refractivity contribution in [3.05, 3.63) is 0 Å². The third-order valence-corrected chi connectivity index (χ3v) is 4.04. The highest BCUT2D eigenvalue weighted by molar-refractivity contribution is 5.68. The summed E-state index contributed by atoms with van der Waals surface area (Å²) in [5, 5.41) is 6.65. The van der Waals surface area contributed by atoms with Gasteiger partial charge in [0.25, 0.3) is 0 Å². The van der Waals surface area contributed by atoms with Gasteiger partial charge >= 0.3 is 6.09 Å². The molecule has 1 aliphatic carbocycles. The van der Waals surface area contributed by atoms with Crippen LogP contribution in [0.15, 0.2) is 0 Å². The third-order valence-electron chi connectivity index (χ3n) is 4.04. The predicted molar refractivity (Wildman–Crippen MR) is 82.9 cm³/mol. The number of hydrogen-bond acceptors (Lipinski definition) is 3. The van der Waals surface area contributed by atoms with E-state index < -0.39 is 5.60 Å². The minimum absolute atomic E-state index is 0.208. The molecule has 0 spiro atoms. The number of nitrogens with one attached hydrogen (secondary N) is 2. The highest BCUT2D eigenvalue weighted by Crippen LogP contribution is 2.20. The molecule has 2 N–H and O–H groups in total. The van der Waals surface area contributed by atoms with Crippen molar-refractivity contribution in [3.63, 3.8) is 0 Å². The number of rotatable bonds is 6. The van der Waals surface area contributed by atoms with E-state index in [1.54, 1.807) is 0 Å². The molecule has 118 valence electrons. The van der Waals surface area contributed by atoms with Crippen molar-refractivity contribution in [2.45, 2.75) is 84.4 Å². The van der Waals surface area contributed by atoms with Crippen molar-refractivity contribution in [2.75, 3.05) is 6.54 Å². The molecule has 0 aromatic rings. The van der Waals surface area contributed by atoms with Gasteiger partial charge in [0.1, 0.15) is 5.60 Å². The first-order valence-electron chi connectivity index (χ1n) is 8.08. The van der Waals surface area contributed by atoms with Crippen LogP contribution in [0.4, 0.5) is 4.79 Å².